The van der Waals surface area contributed by atoms with Crippen LogP contribution in [-0.4, -0.2) is 66.4 Å². The summed E-state index contributed by atoms with van der Waals surface area (Å²) in [5, 5.41) is 18.2. The van der Waals surface area contributed by atoms with Crippen molar-refractivity contribution >= 4 is 23.6 Å². The van der Waals surface area contributed by atoms with Crippen LogP contribution in [-0.2, 0) is 13.1 Å². The number of carbonyl (C=O) groups is 2. The van der Waals surface area contributed by atoms with E-state index in [0.29, 0.717) is 41.0 Å². The fraction of sp³-hybridized carbons (Fsp3) is 0.500. The zero-order valence-electron chi connectivity index (χ0n) is 24.0. The molecule has 4 rings (SSSR count). The Morgan fingerprint density at radius 2 is 1.87 bits per heavy atom. The molecule has 0 saturated carbocycles. The molecule has 0 aromatic carbocycles. The maximum Gasteiger partial charge on any atom is 0.407 e. The van der Waals surface area contributed by atoms with Gasteiger partial charge in [0.25, 0.3) is 5.91 Å². The van der Waals surface area contributed by atoms with Crippen LogP contribution in [0.15, 0.2) is 30.6 Å². The Bertz CT molecular complexity index is 1380. The van der Waals surface area contributed by atoms with Crippen LogP contribution in [0.3, 0.4) is 0 Å². The molecule has 0 atom stereocenters. The van der Waals surface area contributed by atoms with Crippen molar-refractivity contribution in [3.05, 3.63) is 47.4 Å². The minimum absolute atomic E-state index is 0.0841. The third-order valence-corrected chi connectivity index (χ3v) is 6.77. The van der Waals surface area contributed by atoms with E-state index in [1.54, 1.807) is 23.4 Å². The second kappa shape index (κ2) is 10.6. The number of aromatic nitrogens is 5. The topological polar surface area (TPSA) is 121 Å². The van der Waals surface area contributed by atoms with Gasteiger partial charge in [0.1, 0.15) is 23.7 Å². The number of pyridine rings is 2. The van der Waals surface area contributed by atoms with Crippen molar-refractivity contribution in [2.45, 2.75) is 73.6 Å². The largest absolute Gasteiger partial charge is 0.465 e. The van der Waals surface area contributed by atoms with Crippen molar-refractivity contribution in [1.82, 2.24) is 29.6 Å². The number of carboxylic acid groups (broad SMARTS) is 1. The highest BCUT2D eigenvalue weighted by atomic mass is 16.4. The van der Waals surface area contributed by atoms with Crippen molar-refractivity contribution in [3.8, 4) is 11.5 Å². The van der Waals surface area contributed by atoms with E-state index in [0.717, 1.165) is 5.56 Å². The molecule has 208 valence electrons. The van der Waals surface area contributed by atoms with Gasteiger partial charge in [0.2, 0.25) is 0 Å². The Morgan fingerprint density at radius 3 is 2.49 bits per heavy atom. The minimum Gasteiger partial charge on any atom is -0.465 e. The van der Waals surface area contributed by atoms with Gasteiger partial charge in [-0.15, -0.1) is 10.2 Å². The minimum atomic E-state index is -1.02. The molecule has 0 aliphatic carbocycles. The van der Waals surface area contributed by atoms with Gasteiger partial charge in [-0.2, -0.15) is 0 Å². The molecule has 0 saturated heterocycles. The molecular weight excluding hydrogens is 496 g/mol. The number of nitrogens with zero attached hydrogens (tertiary/aromatic N) is 8. The Morgan fingerprint density at radius 1 is 1.15 bits per heavy atom. The molecule has 1 aliphatic heterocycles. The van der Waals surface area contributed by atoms with Crippen LogP contribution >= 0.6 is 0 Å². The number of hydrogen-bond donors (Lipinski definition) is 1. The van der Waals surface area contributed by atoms with Crippen molar-refractivity contribution < 1.29 is 14.7 Å². The van der Waals surface area contributed by atoms with Gasteiger partial charge in [0.05, 0.1) is 24.3 Å². The average Bonchev–Trinajstić information content (AvgIpc) is 3.48. The summed E-state index contributed by atoms with van der Waals surface area (Å²) >= 11 is 0. The fourth-order valence-corrected chi connectivity index (χ4v) is 4.56. The van der Waals surface area contributed by atoms with Crippen molar-refractivity contribution in [2.24, 2.45) is 5.41 Å². The molecule has 3 aromatic heterocycles. The molecule has 0 fully saturated rings. The first-order chi connectivity index (χ1) is 18.3. The number of hydrogen-bond acceptors (Lipinski definition) is 7. The van der Waals surface area contributed by atoms with E-state index in [2.05, 4.69) is 10.2 Å². The monoisotopic (exact) mass is 534 g/mol. The first-order valence-electron chi connectivity index (χ1n) is 13.2. The van der Waals surface area contributed by atoms with Gasteiger partial charge in [0, 0.05) is 31.2 Å². The van der Waals surface area contributed by atoms with Gasteiger partial charge in [-0.3, -0.25) is 9.69 Å². The van der Waals surface area contributed by atoms with Gasteiger partial charge < -0.3 is 19.5 Å². The number of carbonyl (C=O) groups excluding carboxylic acids is 1. The summed E-state index contributed by atoms with van der Waals surface area (Å²) in [5.74, 6) is 1.54. The van der Waals surface area contributed by atoms with Gasteiger partial charge in [-0.1, -0.05) is 26.8 Å². The molecule has 4 heterocycles. The normalized spacial score (nSPS) is 13.4. The maximum atomic E-state index is 13.8. The lowest BCUT2D eigenvalue weighted by Gasteiger charge is -2.29. The zero-order chi connectivity index (χ0) is 28.6. The van der Waals surface area contributed by atoms with E-state index in [1.165, 1.54) is 4.90 Å². The van der Waals surface area contributed by atoms with Crippen LogP contribution in [0.25, 0.3) is 11.5 Å². The Labute approximate surface area is 229 Å². The molecule has 2 amide bonds. The average molecular weight is 535 g/mol. The summed E-state index contributed by atoms with van der Waals surface area (Å²) in [6.07, 6.45) is 0.648. The predicted octanol–water partition coefficient (Wildman–Crippen LogP) is 4.85. The van der Waals surface area contributed by atoms with Crippen molar-refractivity contribution in [1.29, 1.82) is 0 Å². The summed E-state index contributed by atoms with van der Waals surface area (Å²) in [4.78, 5) is 40.6. The molecule has 0 radical (unpaired) electrons. The van der Waals surface area contributed by atoms with Crippen LogP contribution < -0.4 is 9.80 Å². The highest BCUT2D eigenvalue weighted by molar-refractivity contribution is 6.10. The summed E-state index contributed by atoms with van der Waals surface area (Å²) in [6.45, 7) is 14.8. The van der Waals surface area contributed by atoms with Crippen LogP contribution in [0, 0.1) is 5.41 Å². The second-order valence-corrected chi connectivity index (χ2v) is 11.8. The predicted molar refractivity (Wildman–Crippen MR) is 150 cm³/mol. The number of fused-ring (bicyclic) bond motifs is 1. The van der Waals surface area contributed by atoms with Gasteiger partial charge in [0.15, 0.2) is 5.82 Å². The highest BCUT2D eigenvalue weighted by Crippen LogP contribution is 2.33. The Balaban J connectivity index is 1.75. The molecule has 3 aromatic rings. The summed E-state index contributed by atoms with van der Waals surface area (Å²) in [5.41, 5.74) is 2.19. The van der Waals surface area contributed by atoms with E-state index < -0.39 is 6.09 Å². The molecule has 0 unspecified atom stereocenters. The molecule has 1 N–H and O–H groups in total. The fourth-order valence-electron chi connectivity index (χ4n) is 4.56. The van der Waals surface area contributed by atoms with E-state index in [-0.39, 0.29) is 36.5 Å². The summed E-state index contributed by atoms with van der Waals surface area (Å²) < 4.78 is 1.93. The number of amides is 2. The van der Waals surface area contributed by atoms with Gasteiger partial charge in [-0.25, -0.2) is 14.8 Å². The zero-order valence-corrected chi connectivity index (χ0v) is 24.0. The molecule has 0 bridgehead atoms. The van der Waals surface area contributed by atoms with E-state index in [1.807, 2.05) is 77.1 Å². The van der Waals surface area contributed by atoms with Crippen LogP contribution in [0.1, 0.15) is 76.1 Å². The molecule has 1 aliphatic rings. The summed E-state index contributed by atoms with van der Waals surface area (Å²) in [6, 6.07) is 7.57. The lowest BCUT2D eigenvalue weighted by Crippen LogP contribution is -2.37. The van der Waals surface area contributed by atoms with E-state index in [9.17, 15) is 14.7 Å². The third-order valence-electron chi connectivity index (χ3n) is 6.77. The van der Waals surface area contributed by atoms with Crippen LogP contribution in [0.5, 0.6) is 0 Å². The molecular formula is C28H38N8O3. The van der Waals surface area contributed by atoms with Gasteiger partial charge in [-0.05, 0) is 51.3 Å². The highest BCUT2D eigenvalue weighted by Gasteiger charge is 2.35. The standard InChI is InChI=1S/C28H38N8O3/c1-17(2)33(8)24-12-19-20(22(31-24)14-34(27(38)39)15-28(5,6)7)13-35(26(19)37)23-11-9-10-21(30-23)25-32-29-16-36(25)18(3)4/h9-12,16-18H,13-15H2,1-8H3,(H,38,39). The Hall–Kier alpha value is -4.02. The summed E-state index contributed by atoms with van der Waals surface area (Å²) in [7, 11) is 1.92. The number of rotatable bonds is 8. The maximum absolute atomic E-state index is 13.8. The first-order valence-corrected chi connectivity index (χ1v) is 13.2. The third kappa shape index (κ3) is 5.86. The van der Waals surface area contributed by atoms with Crippen LogP contribution in [0.2, 0.25) is 0 Å². The van der Waals surface area contributed by atoms with Crippen LogP contribution in [0.4, 0.5) is 16.4 Å². The number of anilines is 2. The molecule has 39 heavy (non-hydrogen) atoms. The first kappa shape index (κ1) is 28.0. The smallest absolute Gasteiger partial charge is 0.407 e. The molecule has 0 spiro atoms. The second-order valence-electron chi connectivity index (χ2n) is 11.8. The van der Waals surface area contributed by atoms with Gasteiger partial charge >= 0.3 is 6.09 Å². The van der Waals surface area contributed by atoms with E-state index >= 15 is 0 Å². The molecule has 11 heteroatoms. The lowest BCUT2D eigenvalue weighted by atomic mass is 9.96. The quantitative estimate of drug-likeness (QED) is 0.436. The van der Waals surface area contributed by atoms with E-state index in [4.69, 9.17) is 9.97 Å². The lowest BCUT2D eigenvalue weighted by molar-refractivity contribution is 0.0995. The molecule has 11 nitrogen and oxygen atoms in total. The van der Waals surface area contributed by atoms with Crippen molar-refractivity contribution in [3.63, 3.8) is 0 Å². The Kier molecular flexibility index (Phi) is 7.63. The SMILES string of the molecule is CC(C)N(C)c1cc2c(c(CN(CC(C)(C)C)C(=O)O)n1)CN(c1cccc(-c3nncn3C(C)C)n1)C2=O. The van der Waals surface area contributed by atoms with Crippen molar-refractivity contribution in [2.75, 3.05) is 23.4 Å².